The van der Waals surface area contributed by atoms with Crippen molar-refractivity contribution in [2.45, 2.75) is 18.9 Å². The standard InChI is InChI=1S/C13H13NO2/c1-2-13(15)10-3-5-14-12(10)7-9-4-6-16-8-11(9)13/h3-8,14-15H,2H2,1H3. The maximum atomic E-state index is 10.8. The van der Waals surface area contributed by atoms with Gasteiger partial charge in [0.2, 0.25) is 0 Å². The number of hydrogen-bond donors (Lipinski definition) is 2. The largest absolute Gasteiger partial charge is 0.472 e. The smallest absolute Gasteiger partial charge is 0.120 e. The second-order valence-electron chi connectivity index (χ2n) is 4.09. The van der Waals surface area contributed by atoms with Crippen molar-refractivity contribution in [3.63, 3.8) is 0 Å². The molecular weight excluding hydrogens is 202 g/mol. The number of fused-ring (bicyclic) bond motifs is 2. The lowest BCUT2D eigenvalue weighted by molar-refractivity contribution is 0.0699. The number of hydrogen-bond acceptors (Lipinski definition) is 2. The molecule has 0 radical (unpaired) electrons. The molecule has 1 aliphatic heterocycles. The van der Waals surface area contributed by atoms with Gasteiger partial charge in [0.25, 0.3) is 0 Å². The average molecular weight is 215 g/mol. The summed E-state index contributed by atoms with van der Waals surface area (Å²) in [5, 5.41) is 10.8. The highest BCUT2D eigenvalue weighted by atomic mass is 16.5. The number of aromatic nitrogens is 1. The first kappa shape index (κ1) is 9.48. The number of H-pyrrole nitrogens is 1. The van der Waals surface area contributed by atoms with Crippen LogP contribution in [0.1, 0.15) is 24.6 Å². The Hall–Kier alpha value is -1.74. The lowest BCUT2D eigenvalue weighted by atomic mass is 9.76. The number of aliphatic hydroxyl groups is 1. The molecule has 2 heterocycles. The first-order valence-electron chi connectivity index (χ1n) is 5.40. The summed E-state index contributed by atoms with van der Waals surface area (Å²) in [5.41, 5.74) is 2.80. The Labute approximate surface area is 93.8 Å². The Bertz CT molecular complexity index is 522. The fourth-order valence-electron chi connectivity index (χ4n) is 2.38. The number of nitrogens with one attached hydrogen (secondary N) is 1. The monoisotopic (exact) mass is 215 g/mol. The Morgan fingerprint density at radius 1 is 1.50 bits per heavy atom. The fourth-order valence-corrected chi connectivity index (χ4v) is 2.38. The zero-order valence-corrected chi connectivity index (χ0v) is 9.03. The molecule has 1 aromatic heterocycles. The maximum Gasteiger partial charge on any atom is 0.120 e. The molecule has 1 aliphatic carbocycles. The molecule has 2 aliphatic rings. The molecule has 16 heavy (non-hydrogen) atoms. The van der Waals surface area contributed by atoms with Gasteiger partial charge in [0.15, 0.2) is 0 Å². The van der Waals surface area contributed by atoms with Gasteiger partial charge >= 0.3 is 0 Å². The van der Waals surface area contributed by atoms with E-state index < -0.39 is 5.60 Å². The van der Waals surface area contributed by atoms with Crippen molar-refractivity contribution in [1.29, 1.82) is 0 Å². The molecule has 0 aromatic carbocycles. The van der Waals surface area contributed by atoms with E-state index in [-0.39, 0.29) is 0 Å². The van der Waals surface area contributed by atoms with Crippen LogP contribution in [-0.2, 0) is 10.3 Å². The van der Waals surface area contributed by atoms with E-state index in [0.29, 0.717) is 6.42 Å². The molecule has 0 amide bonds. The maximum absolute atomic E-state index is 10.8. The topological polar surface area (TPSA) is 45.2 Å². The number of allylic oxidation sites excluding steroid dienone is 1. The SMILES string of the molecule is CCC1(O)C2=COC=CC2=Cc2[nH]ccc21. The van der Waals surface area contributed by atoms with Crippen molar-refractivity contribution < 1.29 is 9.84 Å². The van der Waals surface area contributed by atoms with Crippen LogP contribution in [0.4, 0.5) is 0 Å². The molecule has 0 saturated heterocycles. The molecule has 1 unspecified atom stereocenters. The van der Waals surface area contributed by atoms with E-state index in [9.17, 15) is 5.11 Å². The Morgan fingerprint density at radius 3 is 3.19 bits per heavy atom. The van der Waals surface area contributed by atoms with E-state index in [4.69, 9.17) is 4.74 Å². The predicted octanol–water partition coefficient (Wildman–Crippen LogP) is 2.44. The van der Waals surface area contributed by atoms with Crippen LogP contribution in [0.2, 0.25) is 0 Å². The van der Waals surface area contributed by atoms with Gasteiger partial charge in [0, 0.05) is 23.0 Å². The van der Waals surface area contributed by atoms with Gasteiger partial charge in [-0.15, -0.1) is 0 Å². The van der Waals surface area contributed by atoms with E-state index in [1.54, 1.807) is 12.5 Å². The Kier molecular flexibility index (Phi) is 1.85. The zero-order valence-electron chi connectivity index (χ0n) is 9.03. The molecule has 3 heteroatoms. The first-order chi connectivity index (χ1) is 7.75. The lowest BCUT2D eigenvalue weighted by Crippen LogP contribution is -2.31. The van der Waals surface area contributed by atoms with Crippen LogP contribution in [0.3, 0.4) is 0 Å². The molecule has 3 rings (SSSR count). The molecule has 0 bridgehead atoms. The highest BCUT2D eigenvalue weighted by Gasteiger charge is 2.39. The molecule has 82 valence electrons. The summed E-state index contributed by atoms with van der Waals surface area (Å²) in [6.45, 7) is 1.97. The van der Waals surface area contributed by atoms with Crippen molar-refractivity contribution in [1.82, 2.24) is 4.98 Å². The predicted molar refractivity (Wildman–Crippen MR) is 61.3 cm³/mol. The molecule has 3 nitrogen and oxygen atoms in total. The number of aromatic amines is 1. The van der Waals surface area contributed by atoms with E-state index in [1.807, 2.05) is 31.3 Å². The van der Waals surface area contributed by atoms with Gasteiger partial charge in [0.05, 0.1) is 12.5 Å². The van der Waals surface area contributed by atoms with Gasteiger partial charge in [0.1, 0.15) is 5.60 Å². The summed E-state index contributed by atoms with van der Waals surface area (Å²) in [5.74, 6) is 0. The van der Waals surface area contributed by atoms with E-state index in [1.165, 1.54) is 0 Å². The van der Waals surface area contributed by atoms with Gasteiger partial charge in [-0.05, 0) is 30.2 Å². The molecule has 0 fully saturated rings. The summed E-state index contributed by atoms with van der Waals surface area (Å²) in [4.78, 5) is 3.14. The van der Waals surface area contributed by atoms with Crippen molar-refractivity contribution >= 4 is 6.08 Å². The summed E-state index contributed by atoms with van der Waals surface area (Å²) >= 11 is 0. The average Bonchev–Trinajstić information content (AvgIpc) is 2.78. The second-order valence-corrected chi connectivity index (χ2v) is 4.09. The highest BCUT2D eigenvalue weighted by molar-refractivity contribution is 5.71. The number of rotatable bonds is 1. The summed E-state index contributed by atoms with van der Waals surface area (Å²) in [7, 11) is 0. The molecule has 1 aromatic rings. The molecule has 0 saturated carbocycles. The fraction of sp³-hybridized carbons (Fsp3) is 0.231. The van der Waals surface area contributed by atoms with Crippen LogP contribution in [0.25, 0.3) is 6.08 Å². The molecule has 2 N–H and O–H groups in total. The normalized spacial score (nSPS) is 26.4. The van der Waals surface area contributed by atoms with Gasteiger partial charge < -0.3 is 14.8 Å². The number of ether oxygens (including phenoxy) is 1. The van der Waals surface area contributed by atoms with Crippen LogP contribution in [0.15, 0.2) is 42.0 Å². The molecular formula is C13H13NO2. The van der Waals surface area contributed by atoms with Gasteiger partial charge in [-0.1, -0.05) is 6.92 Å². The third kappa shape index (κ3) is 1.06. The van der Waals surface area contributed by atoms with Crippen molar-refractivity contribution in [3.05, 3.63) is 53.3 Å². The van der Waals surface area contributed by atoms with Crippen LogP contribution in [0, 0.1) is 0 Å². The summed E-state index contributed by atoms with van der Waals surface area (Å²) in [6.07, 6.45) is 9.64. The van der Waals surface area contributed by atoms with Crippen LogP contribution in [-0.4, -0.2) is 10.1 Å². The zero-order chi connectivity index (χ0) is 11.2. The minimum Gasteiger partial charge on any atom is -0.472 e. The van der Waals surface area contributed by atoms with Crippen LogP contribution < -0.4 is 0 Å². The lowest BCUT2D eigenvalue weighted by Gasteiger charge is -2.34. The minimum absolute atomic E-state index is 0.623. The Balaban J connectivity index is 2.27. The third-order valence-electron chi connectivity index (χ3n) is 3.30. The quantitative estimate of drug-likeness (QED) is 0.755. The third-order valence-corrected chi connectivity index (χ3v) is 3.30. The molecule has 0 spiro atoms. The van der Waals surface area contributed by atoms with Gasteiger partial charge in [-0.25, -0.2) is 0 Å². The summed E-state index contributed by atoms with van der Waals surface area (Å²) in [6, 6.07) is 1.92. The first-order valence-corrected chi connectivity index (χ1v) is 5.40. The van der Waals surface area contributed by atoms with Gasteiger partial charge in [-0.3, -0.25) is 0 Å². The minimum atomic E-state index is -0.940. The van der Waals surface area contributed by atoms with E-state index >= 15 is 0 Å². The van der Waals surface area contributed by atoms with Crippen molar-refractivity contribution in [2.75, 3.05) is 0 Å². The van der Waals surface area contributed by atoms with Gasteiger partial charge in [-0.2, -0.15) is 0 Å². The second kappa shape index (κ2) is 3.12. The van der Waals surface area contributed by atoms with Crippen LogP contribution >= 0.6 is 0 Å². The highest BCUT2D eigenvalue weighted by Crippen LogP contribution is 2.44. The Morgan fingerprint density at radius 2 is 2.38 bits per heavy atom. The van der Waals surface area contributed by atoms with E-state index in [2.05, 4.69) is 4.98 Å². The van der Waals surface area contributed by atoms with Crippen molar-refractivity contribution in [3.8, 4) is 0 Å². The molecule has 1 atom stereocenters. The van der Waals surface area contributed by atoms with Crippen LogP contribution in [0.5, 0.6) is 0 Å². The van der Waals surface area contributed by atoms with Crippen molar-refractivity contribution in [2.24, 2.45) is 0 Å². The van der Waals surface area contributed by atoms with E-state index in [0.717, 1.165) is 22.4 Å². The summed E-state index contributed by atoms with van der Waals surface area (Å²) < 4.78 is 5.17.